The van der Waals surface area contributed by atoms with E-state index in [0.29, 0.717) is 35.1 Å². The molecule has 2 aromatic heterocycles. The number of carbonyl (C=O) groups is 2. The van der Waals surface area contributed by atoms with Crippen LogP contribution in [0.1, 0.15) is 35.4 Å². The van der Waals surface area contributed by atoms with Crippen LogP contribution in [0.5, 0.6) is 5.75 Å². The summed E-state index contributed by atoms with van der Waals surface area (Å²) < 4.78 is 12.5. The van der Waals surface area contributed by atoms with Crippen LogP contribution in [0.15, 0.2) is 71.0 Å². The van der Waals surface area contributed by atoms with Gasteiger partial charge in [0, 0.05) is 35.8 Å². The Bertz CT molecular complexity index is 1540. The average Bonchev–Trinajstić information content (AvgIpc) is 3.69. The predicted octanol–water partition coefficient (Wildman–Crippen LogP) is 2.38. The average molecular weight is 499 g/mol. The predicted molar refractivity (Wildman–Crippen MR) is 135 cm³/mol. The minimum absolute atomic E-state index is 0.0550. The first-order valence-corrected chi connectivity index (χ1v) is 12.2. The van der Waals surface area contributed by atoms with E-state index in [1.54, 1.807) is 46.9 Å². The molecule has 1 unspecified atom stereocenters. The molecule has 3 aliphatic rings. The van der Waals surface area contributed by atoms with E-state index < -0.39 is 22.9 Å². The van der Waals surface area contributed by atoms with Crippen LogP contribution >= 0.6 is 0 Å². The lowest BCUT2D eigenvalue weighted by atomic mass is 9.68. The number of methoxy groups -OCH3 is 1. The molecule has 0 saturated heterocycles. The second-order valence-corrected chi connectivity index (χ2v) is 9.70. The molecule has 0 bridgehead atoms. The van der Waals surface area contributed by atoms with E-state index >= 15 is 0 Å². The van der Waals surface area contributed by atoms with Crippen LogP contribution in [0, 0.1) is 12.8 Å². The van der Waals surface area contributed by atoms with Gasteiger partial charge >= 0.3 is 5.97 Å². The highest BCUT2D eigenvalue weighted by Crippen LogP contribution is 2.55. The van der Waals surface area contributed by atoms with Crippen molar-refractivity contribution in [2.24, 2.45) is 11.7 Å². The monoisotopic (exact) mass is 498 g/mol. The molecule has 1 spiro atoms. The number of para-hydroxylation sites is 1. The molecule has 1 aliphatic carbocycles. The summed E-state index contributed by atoms with van der Waals surface area (Å²) in [6, 6.07) is 14.4. The number of esters is 1. The second kappa shape index (κ2) is 8.33. The Morgan fingerprint density at radius 3 is 2.65 bits per heavy atom. The number of pyridine rings is 2. The standard InChI is InChI=1S/C28H26N4O5/c1-16-13-21-22(25(33)31(16)15-18-7-5-6-12-30-18)28(23(24(29)37-21)26(34)36-2)19-8-3-4-9-20(19)32(27(28)35)14-17-10-11-17/h3-9,12-13,17H,10-11,14-15,29H2,1-2H3. The van der Waals surface area contributed by atoms with Crippen LogP contribution in [-0.4, -0.2) is 35.1 Å². The number of carbonyl (C=O) groups excluding carboxylic acids is 2. The molecule has 0 radical (unpaired) electrons. The number of rotatable bonds is 5. The fourth-order valence-corrected chi connectivity index (χ4v) is 5.53. The quantitative estimate of drug-likeness (QED) is 0.537. The summed E-state index contributed by atoms with van der Waals surface area (Å²) in [5.74, 6) is -0.957. The normalized spacial score (nSPS) is 20.1. The number of ether oxygens (including phenoxy) is 2. The molecular weight excluding hydrogens is 472 g/mol. The lowest BCUT2D eigenvalue weighted by Crippen LogP contribution is -2.52. The third-order valence-electron chi connectivity index (χ3n) is 7.43. The minimum Gasteiger partial charge on any atom is -0.465 e. The summed E-state index contributed by atoms with van der Waals surface area (Å²) in [6.45, 7) is 2.46. The zero-order valence-corrected chi connectivity index (χ0v) is 20.6. The van der Waals surface area contributed by atoms with Crippen LogP contribution in [-0.2, 0) is 26.3 Å². The summed E-state index contributed by atoms with van der Waals surface area (Å²) in [6.07, 6.45) is 3.71. The van der Waals surface area contributed by atoms with Gasteiger partial charge in [-0.05, 0) is 43.9 Å². The maximum absolute atomic E-state index is 14.6. The van der Waals surface area contributed by atoms with Crippen LogP contribution in [0.25, 0.3) is 0 Å². The molecule has 6 rings (SSSR count). The van der Waals surface area contributed by atoms with Gasteiger partial charge in [0.05, 0.1) is 24.9 Å². The molecule has 9 nitrogen and oxygen atoms in total. The van der Waals surface area contributed by atoms with E-state index in [4.69, 9.17) is 15.2 Å². The molecule has 1 amide bonds. The number of fused-ring (bicyclic) bond motifs is 4. The zero-order valence-electron chi connectivity index (χ0n) is 20.6. The van der Waals surface area contributed by atoms with E-state index in [1.807, 2.05) is 24.3 Å². The first-order valence-electron chi connectivity index (χ1n) is 12.2. The van der Waals surface area contributed by atoms with E-state index in [-0.39, 0.29) is 29.3 Å². The van der Waals surface area contributed by atoms with Gasteiger partial charge in [-0.2, -0.15) is 0 Å². The maximum atomic E-state index is 14.6. The van der Waals surface area contributed by atoms with Crippen molar-refractivity contribution in [2.45, 2.75) is 31.7 Å². The molecule has 2 aliphatic heterocycles. The van der Waals surface area contributed by atoms with Crippen LogP contribution in [0.2, 0.25) is 0 Å². The van der Waals surface area contributed by atoms with Crippen molar-refractivity contribution in [3.63, 3.8) is 0 Å². The minimum atomic E-state index is -1.80. The highest BCUT2D eigenvalue weighted by Gasteiger charge is 2.62. The summed E-state index contributed by atoms with van der Waals surface area (Å²) in [5, 5.41) is 0. The highest BCUT2D eigenvalue weighted by molar-refractivity contribution is 6.18. The van der Waals surface area contributed by atoms with E-state index in [0.717, 1.165) is 12.8 Å². The Labute approximate surface area is 213 Å². The highest BCUT2D eigenvalue weighted by atomic mass is 16.5. The van der Waals surface area contributed by atoms with Crippen molar-refractivity contribution in [1.29, 1.82) is 0 Å². The molecule has 1 atom stereocenters. The zero-order chi connectivity index (χ0) is 25.9. The molecule has 1 saturated carbocycles. The number of aryl methyl sites for hydroxylation is 1. The summed E-state index contributed by atoms with van der Waals surface area (Å²) in [5.41, 5.74) is 6.40. The fraction of sp³-hybridized carbons (Fsp3) is 0.286. The largest absolute Gasteiger partial charge is 0.465 e. The van der Waals surface area contributed by atoms with Gasteiger partial charge in [-0.1, -0.05) is 24.3 Å². The van der Waals surface area contributed by atoms with Gasteiger partial charge < -0.3 is 24.7 Å². The van der Waals surface area contributed by atoms with Crippen LogP contribution in [0.3, 0.4) is 0 Å². The van der Waals surface area contributed by atoms with Crippen molar-refractivity contribution >= 4 is 17.6 Å². The van der Waals surface area contributed by atoms with Crippen molar-refractivity contribution in [3.05, 3.63) is 99.1 Å². The third-order valence-corrected chi connectivity index (χ3v) is 7.43. The fourth-order valence-electron chi connectivity index (χ4n) is 5.53. The Morgan fingerprint density at radius 2 is 1.95 bits per heavy atom. The van der Waals surface area contributed by atoms with Gasteiger partial charge in [-0.25, -0.2) is 4.79 Å². The van der Waals surface area contributed by atoms with Gasteiger partial charge in [0.2, 0.25) is 11.8 Å². The molecule has 9 heteroatoms. The Hall–Kier alpha value is -4.40. The van der Waals surface area contributed by atoms with Gasteiger partial charge in [0.15, 0.2) is 0 Å². The van der Waals surface area contributed by atoms with Crippen molar-refractivity contribution in [1.82, 2.24) is 9.55 Å². The first-order chi connectivity index (χ1) is 17.9. The SMILES string of the molecule is COC(=O)C1=C(N)Oc2cc(C)n(Cc3ccccn3)c(=O)c2C12C(=O)N(CC1CC1)c1ccccc12. The van der Waals surface area contributed by atoms with Crippen LogP contribution in [0.4, 0.5) is 5.69 Å². The molecule has 37 heavy (non-hydrogen) atoms. The molecule has 1 aromatic carbocycles. The number of nitrogens with zero attached hydrogens (tertiary/aromatic N) is 3. The molecule has 1 fully saturated rings. The second-order valence-electron chi connectivity index (χ2n) is 9.70. The number of nitrogens with two attached hydrogens (primary N) is 1. The number of aromatic nitrogens is 2. The maximum Gasteiger partial charge on any atom is 0.340 e. The van der Waals surface area contributed by atoms with E-state index in [9.17, 15) is 14.4 Å². The topological polar surface area (TPSA) is 117 Å². The first kappa shape index (κ1) is 23.0. The van der Waals surface area contributed by atoms with Crippen molar-refractivity contribution in [2.75, 3.05) is 18.6 Å². The summed E-state index contributed by atoms with van der Waals surface area (Å²) >= 11 is 0. The van der Waals surface area contributed by atoms with Crippen LogP contribution < -0.4 is 20.9 Å². The Kier molecular flexibility index (Phi) is 5.18. The Morgan fingerprint density at radius 1 is 1.19 bits per heavy atom. The number of amides is 1. The van der Waals surface area contributed by atoms with Gasteiger partial charge in [-0.15, -0.1) is 0 Å². The molecule has 3 aromatic rings. The number of benzene rings is 1. The molecular formula is C28H26N4O5. The number of hydrogen-bond donors (Lipinski definition) is 1. The number of hydrogen-bond acceptors (Lipinski definition) is 7. The smallest absolute Gasteiger partial charge is 0.340 e. The van der Waals surface area contributed by atoms with Crippen molar-refractivity contribution in [3.8, 4) is 5.75 Å². The number of anilines is 1. The van der Waals surface area contributed by atoms with Gasteiger partial charge in [0.25, 0.3) is 5.56 Å². The van der Waals surface area contributed by atoms with E-state index in [1.165, 1.54) is 7.11 Å². The summed E-state index contributed by atoms with van der Waals surface area (Å²) in [7, 11) is 1.22. The lowest BCUT2D eigenvalue weighted by molar-refractivity contribution is -0.138. The van der Waals surface area contributed by atoms with Gasteiger partial charge in [-0.3, -0.25) is 14.6 Å². The lowest BCUT2D eigenvalue weighted by Gasteiger charge is -2.36. The van der Waals surface area contributed by atoms with E-state index in [2.05, 4.69) is 4.98 Å². The molecule has 188 valence electrons. The van der Waals surface area contributed by atoms with Gasteiger partial charge in [0.1, 0.15) is 16.7 Å². The Balaban J connectivity index is 1.67. The third kappa shape index (κ3) is 3.30. The molecule has 4 heterocycles. The van der Waals surface area contributed by atoms with Crippen molar-refractivity contribution < 1.29 is 19.1 Å². The summed E-state index contributed by atoms with van der Waals surface area (Å²) in [4.78, 5) is 48.2. The molecule has 2 N–H and O–H groups in total.